The van der Waals surface area contributed by atoms with Crippen molar-refractivity contribution in [2.75, 3.05) is 39.1 Å². The molecule has 3 aliphatic rings. The second kappa shape index (κ2) is 10.0. The van der Waals surface area contributed by atoms with Crippen molar-refractivity contribution in [2.24, 2.45) is 5.92 Å². The number of piperidine rings is 1. The van der Waals surface area contributed by atoms with E-state index in [-0.39, 0.29) is 25.5 Å². The zero-order chi connectivity index (χ0) is 25.2. The summed E-state index contributed by atoms with van der Waals surface area (Å²) in [6.45, 7) is 5.30. The summed E-state index contributed by atoms with van der Waals surface area (Å²) >= 11 is 0. The minimum Gasteiger partial charge on any atom is -0.378 e. The molecule has 35 heavy (non-hydrogen) atoms. The third-order valence-electron chi connectivity index (χ3n) is 7.20. The molecule has 0 aliphatic carbocycles. The number of sulfone groups is 1. The highest BCUT2D eigenvalue weighted by Crippen LogP contribution is 2.25. The molecule has 0 spiro atoms. The number of rotatable bonds is 6. The van der Waals surface area contributed by atoms with Crippen molar-refractivity contribution in [1.29, 1.82) is 0 Å². The van der Waals surface area contributed by atoms with Gasteiger partial charge in [-0.2, -0.15) is 0 Å². The number of carbonyl (C=O) groups is 2. The molecule has 0 radical (unpaired) electrons. The summed E-state index contributed by atoms with van der Waals surface area (Å²) in [5.74, 6) is 11.4. The monoisotopic (exact) mass is 502 g/mol. The zero-order valence-electron chi connectivity index (χ0n) is 19.9. The molecular weight excluding hydrogens is 472 g/mol. The van der Waals surface area contributed by atoms with Crippen LogP contribution in [0.4, 0.5) is 4.79 Å². The molecular formula is C24H30N4O6S. The fourth-order valence-electron chi connectivity index (χ4n) is 4.49. The first kappa shape index (κ1) is 25.3. The Morgan fingerprint density at radius 2 is 2.00 bits per heavy atom. The molecule has 1 atom stereocenters. The van der Waals surface area contributed by atoms with Crippen LogP contribution in [0.15, 0.2) is 12.3 Å². The second-order valence-corrected chi connectivity index (χ2v) is 12.0. The number of likely N-dealkylation sites (tertiary alicyclic amines) is 1. The predicted octanol–water partition coefficient (Wildman–Crippen LogP) is 0.436. The number of nitrogens with one attached hydrogen (secondary N) is 1. The number of hydrogen-bond acceptors (Lipinski definition) is 7. The van der Waals surface area contributed by atoms with E-state index in [4.69, 9.17) is 9.94 Å². The molecule has 0 saturated carbocycles. The summed E-state index contributed by atoms with van der Waals surface area (Å²) in [6, 6.07) is 2.06. The van der Waals surface area contributed by atoms with Crippen LogP contribution in [0.1, 0.15) is 37.4 Å². The van der Waals surface area contributed by atoms with Crippen LogP contribution in [0.2, 0.25) is 0 Å². The molecule has 1 unspecified atom stereocenters. The Morgan fingerprint density at radius 1 is 1.29 bits per heavy atom. The number of fused-ring (bicyclic) bond motifs is 1. The molecule has 1 aromatic rings. The van der Waals surface area contributed by atoms with E-state index in [2.05, 4.69) is 28.6 Å². The lowest BCUT2D eigenvalue weighted by Gasteiger charge is -2.40. The Hall–Kier alpha value is -2.83. The van der Waals surface area contributed by atoms with Gasteiger partial charge in [-0.15, -0.1) is 0 Å². The third kappa shape index (κ3) is 5.24. The average molecular weight is 503 g/mol. The van der Waals surface area contributed by atoms with Crippen LogP contribution < -0.4 is 5.48 Å². The summed E-state index contributed by atoms with van der Waals surface area (Å²) in [5, 5.41) is 8.94. The summed E-state index contributed by atoms with van der Waals surface area (Å²) in [5.41, 5.74) is 2.83. The molecule has 2 saturated heterocycles. The highest BCUT2D eigenvalue weighted by molar-refractivity contribution is 7.92. The molecule has 11 heteroatoms. The maximum atomic E-state index is 12.8. The van der Waals surface area contributed by atoms with E-state index in [0.29, 0.717) is 17.5 Å². The Morgan fingerprint density at radius 3 is 2.57 bits per heavy atom. The van der Waals surface area contributed by atoms with Gasteiger partial charge in [0.15, 0.2) is 14.6 Å². The minimum atomic E-state index is -3.83. The van der Waals surface area contributed by atoms with Crippen molar-refractivity contribution < 1.29 is 28.0 Å². The molecule has 188 valence electrons. The van der Waals surface area contributed by atoms with Crippen LogP contribution in [0.25, 0.3) is 0 Å². The number of hydroxylamine groups is 1. The van der Waals surface area contributed by atoms with E-state index in [9.17, 15) is 18.0 Å². The largest absolute Gasteiger partial charge is 0.378 e. The van der Waals surface area contributed by atoms with Gasteiger partial charge in [0.25, 0.3) is 5.91 Å². The molecule has 0 bridgehead atoms. The number of nitrogens with zero attached hydrogens (tertiary/aromatic N) is 3. The summed E-state index contributed by atoms with van der Waals surface area (Å²) in [7, 11) is -3.83. The first-order valence-corrected chi connectivity index (χ1v) is 13.5. The molecule has 4 rings (SSSR count). The van der Waals surface area contributed by atoms with Gasteiger partial charge < -0.3 is 9.64 Å². The summed E-state index contributed by atoms with van der Waals surface area (Å²) in [6.07, 6.45) is 4.49. The number of ether oxygens (including phenoxy) is 1. The highest BCUT2D eigenvalue weighted by Gasteiger charge is 2.44. The second-order valence-electron chi connectivity index (χ2n) is 9.51. The summed E-state index contributed by atoms with van der Waals surface area (Å²) in [4.78, 5) is 28.7. The van der Waals surface area contributed by atoms with Crippen LogP contribution in [0.5, 0.6) is 0 Å². The number of hydrogen-bond donors (Lipinski definition) is 2. The molecule has 1 aromatic heterocycles. The van der Waals surface area contributed by atoms with Crippen molar-refractivity contribution in [2.45, 2.75) is 43.5 Å². The van der Waals surface area contributed by atoms with Crippen molar-refractivity contribution in [3.8, 4) is 23.7 Å². The topological polar surface area (TPSA) is 121 Å². The van der Waals surface area contributed by atoms with E-state index in [0.717, 1.165) is 51.1 Å². The van der Waals surface area contributed by atoms with Crippen LogP contribution in [0.3, 0.4) is 0 Å². The molecule has 10 nitrogen and oxygen atoms in total. The van der Waals surface area contributed by atoms with Crippen LogP contribution in [-0.4, -0.2) is 89.8 Å². The van der Waals surface area contributed by atoms with E-state index in [1.165, 1.54) is 21.9 Å². The van der Waals surface area contributed by atoms with E-state index in [1.807, 2.05) is 6.07 Å². The van der Waals surface area contributed by atoms with Crippen molar-refractivity contribution in [3.63, 3.8) is 0 Å². The predicted molar refractivity (Wildman–Crippen MR) is 127 cm³/mol. The summed E-state index contributed by atoms with van der Waals surface area (Å²) < 4.78 is 29.1. The average Bonchev–Trinajstić information content (AvgIpc) is 3.32. The lowest BCUT2D eigenvalue weighted by molar-refractivity contribution is -0.131. The van der Waals surface area contributed by atoms with E-state index in [1.54, 1.807) is 6.20 Å². The zero-order valence-corrected chi connectivity index (χ0v) is 20.7. The fourth-order valence-corrected chi connectivity index (χ4v) is 5.33. The van der Waals surface area contributed by atoms with Crippen molar-refractivity contribution >= 4 is 21.8 Å². The van der Waals surface area contributed by atoms with Gasteiger partial charge in [0.1, 0.15) is 0 Å². The van der Waals surface area contributed by atoms with Crippen molar-refractivity contribution in [1.82, 2.24) is 19.8 Å². The first-order chi connectivity index (χ1) is 16.6. The van der Waals surface area contributed by atoms with Gasteiger partial charge in [0.05, 0.1) is 25.8 Å². The molecule has 2 amide bonds. The molecule has 0 aromatic carbocycles. The molecule has 3 aliphatic heterocycles. The van der Waals surface area contributed by atoms with Gasteiger partial charge >= 0.3 is 6.03 Å². The van der Waals surface area contributed by atoms with Gasteiger partial charge in [-0.3, -0.25) is 19.5 Å². The van der Waals surface area contributed by atoms with Crippen LogP contribution in [0, 0.1) is 29.6 Å². The number of aromatic nitrogens is 1. The van der Waals surface area contributed by atoms with Crippen LogP contribution >= 0.6 is 0 Å². The SMILES string of the molecule is CC(CCN1Cc2cc(C#CC#CC3CCN(C4COC4)CC3)cn2C1=O)(C(=O)NO)S(C)(=O)=O. The highest BCUT2D eigenvalue weighted by atomic mass is 32.2. The third-order valence-corrected chi connectivity index (χ3v) is 9.23. The minimum absolute atomic E-state index is 0.0383. The van der Waals surface area contributed by atoms with Gasteiger partial charge in [-0.1, -0.05) is 11.8 Å². The van der Waals surface area contributed by atoms with Gasteiger partial charge in [0, 0.05) is 36.2 Å². The van der Waals surface area contributed by atoms with Crippen LogP contribution in [-0.2, 0) is 25.9 Å². The molecule has 2 N–H and O–H groups in total. The Labute approximate surface area is 205 Å². The maximum absolute atomic E-state index is 12.8. The Balaban J connectivity index is 1.31. The first-order valence-electron chi connectivity index (χ1n) is 11.6. The van der Waals surface area contributed by atoms with Gasteiger partial charge in [-0.25, -0.2) is 18.7 Å². The van der Waals surface area contributed by atoms with Gasteiger partial charge in [0.2, 0.25) is 0 Å². The maximum Gasteiger partial charge on any atom is 0.328 e. The number of amides is 2. The van der Waals surface area contributed by atoms with E-state index < -0.39 is 20.5 Å². The lowest BCUT2D eigenvalue weighted by atomic mass is 9.96. The lowest BCUT2D eigenvalue weighted by Crippen LogP contribution is -2.51. The molecule has 4 heterocycles. The van der Waals surface area contributed by atoms with E-state index >= 15 is 0 Å². The number of carbonyl (C=O) groups excluding carboxylic acids is 2. The standard InChI is InChI=1S/C24H30N4O6S/c1-24(22(29)25-31,35(2,32)33)9-12-27-15-20-13-19(14-28(20)23(27)30)6-4-3-5-18-7-10-26(11-8-18)21-16-34-17-21/h13-14,18,21,31H,7-12,15-17H2,1-2H3,(H,25,29). The Kier molecular flexibility index (Phi) is 7.25. The van der Waals surface area contributed by atoms with Gasteiger partial charge in [-0.05, 0) is 57.2 Å². The van der Waals surface area contributed by atoms with Crippen molar-refractivity contribution in [3.05, 3.63) is 23.5 Å². The quantitative estimate of drug-likeness (QED) is 0.329. The Bertz CT molecular complexity index is 1220. The smallest absolute Gasteiger partial charge is 0.328 e. The molecule has 2 fully saturated rings. The normalized spacial score (nSPS) is 20.7. The fraction of sp³-hybridized carbons (Fsp3) is 0.583.